The normalized spacial score (nSPS) is 12.5. The average molecular weight is 365 g/mol. The molecule has 0 spiro atoms. The van der Waals surface area contributed by atoms with Crippen molar-refractivity contribution in [3.05, 3.63) is 60.3 Å². The van der Waals surface area contributed by atoms with Gasteiger partial charge in [0.25, 0.3) is 0 Å². The number of rotatable bonds is 3. The fraction of sp³-hybridized carbons (Fsp3) is 0.167. The van der Waals surface area contributed by atoms with Gasteiger partial charge in [-0.15, -0.1) is 0 Å². The number of benzene rings is 2. The van der Waals surface area contributed by atoms with Crippen LogP contribution >= 0.6 is 0 Å². The van der Waals surface area contributed by atoms with Crippen LogP contribution in [0.1, 0.15) is 12.5 Å². The molecule has 3 rings (SSSR count). The summed E-state index contributed by atoms with van der Waals surface area (Å²) in [6, 6.07) is 11.6. The van der Waals surface area contributed by atoms with Crippen molar-refractivity contribution in [3.63, 3.8) is 0 Å². The zero-order valence-electron chi connectivity index (χ0n) is 13.2. The molecule has 0 amide bonds. The zero-order chi connectivity index (χ0) is 18.2. The Morgan fingerprint density at radius 1 is 1.04 bits per heavy atom. The molecule has 0 aliphatic carbocycles. The molecule has 1 aromatic heterocycles. The first-order chi connectivity index (χ1) is 11.7. The Bertz CT molecular complexity index is 1040. The molecule has 130 valence electrons. The Labute approximate surface area is 143 Å². The third kappa shape index (κ3) is 3.24. The zero-order valence-corrected chi connectivity index (χ0v) is 14.0. The molecule has 0 atom stereocenters. The lowest BCUT2D eigenvalue weighted by Crippen LogP contribution is -2.06. The summed E-state index contributed by atoms with van der Waals surface area (Å²) in [5.74, 6) is -0.0498. The summed E-state index contributed by atoms with van der Waals surface area (Å²) in [4.78, 5) is 4.03. The minimum atomic E-state index is -4.52. The summed E-state index contributed by atoms with van der Waals surface area (Å²) in [6.45, 7) is 1.54. The first-order valence-electron chi connectivity index (χ1n) is 7.52. The number of nitrogens with zero attached hydrogens (tertiary/aromatic N) is 1. The summed E-state index contributed by atoms with van der Waals surface area (Å²) < 4.78 is 63.7. The molecule has 0 aliphatic rings. The monoisotopic (exact) mass is 365 g/mol. The van der Waals surface area contributed by atoms with E-state index in [-0.39, 0.29) is 16.2 Å². The Morgan fingerprint density at radius 2 is 1.76 bits per heavy atom. The van der Waals surface area contributed by atoms with Gasteiger partial charge >= 0.3 is 6.18 Å². The summed E-state index contributed by atoms with van der Waals surface area (Å²) in [7, 11) is -3.41. The van der Waals surface area contributed by atoms with Crippen molar-refractivity contribution >= 4 is 20.7 Å². The van der Waals surface area contributed by atoms with Gasteiger partial charge in [0.15, 0.2) is 9.84 Å². The smallest absolute Gasteiger partial charge is 0.256 e. The highest BCUT2D eigenvalue weighted by Crippen LogP contribution is 2.37. The van der Waals surface area contributed by atoms with Crippen molar-refractivity contribution in [2.45, 2.75) is 18.0 Å². The lowest BCUT2D eigenvalue weighted by molar-refractivity contribution is -0.136. The largest absolute Gasteiger partial charge is 0.418 e. The SMILES string of the molecule is CCS(=O)(=O)c1cccc(-c2ccnc3c(C(F)(F)F)cccc23)c1. The molecule has 3 aromatic rings. The fourth-order valence-corrected chi connectivity index (χ4v) is 3.61. The number of alkyl halides is 3. The van der Waals surface area contributed by atoms with Crippen LogP contribution in [0.15, 0.2) is 59.6 Å². The predicted molar refractivity (Wildman–Crippen MR) is 89.9 cm³/mol. The van der Waals surface area contributed by atoms with E-state index >= 15 is 0 Å². The molecular weight excluding hydrogens is 351 g/mol. The Hall–Kier alpha value is -2.41. The number of para-hydroxylation sites is 1. The number of pyridine rings is 1. The number of halogens is 3. The molecule has 0 unspecified atom stereocenters. The van der Waals surface area contributed by atoms with Crippen LogP contribution in [-0.2, 0) is 16.0 Å². The highest BCUT2D eigenvalue weighted by molar-refractivity contribution is 7.91. The Balaban J connectivity index is 2.26. The van der Waals surface area contributed by atoms with E-state index in [1.807, 2.05) is 0 Å². The van der Waals surface area contributed by atoms with Gasteiger partial charge in [-0.1, -0.05) is 31.2 Å². The van der Waals surface area contributed by atoms with Gasteiger partial charge in [0.05, 0.1) is 21.7 Å². The lowest BCUT2D eigenvalue weighted by Gasteiger charge is -2.12. The van der Waals surface area contributed by atoms with Gasteiger partial charge in [-0.2, -0.15) is 13.2 Å². The van der Waals surface area contributed by atoms with Gasteiger partial charge in [0, 0.05) is 11.6 Å². The van der Waals surface area contributed by atoms with E-state index in [0.717, 1.165) is 6.07 Å². The van der Waals surface area contributed by atoms with Crippen LogP contribution in [0.4, 0.5) is 13.2 Å². The van der Waals surface area contributed by atoms with Crippen LogP contribution in [0.3, 0.4) is 0 Å². The van der Waals surface area contributed by atoms with Crippen molar-refractivity contribution in [2.75, 3.05) is 5.75 Å². The quantitative estimate of drug-likeness (QED) is 0.675. The molecule has 0 aliphatic heterocycles. The second kappa shape index (κ2) is 6.15. The molecule has 0 N–H and O–H groups in total. The van der Waals surface area contributed by atoms with E-state index < -0.39 is 21.6 Å². The van der Waals surface area contributed by atoms with Crippen molar-refractivity contribution in [1.82, 2.24) is 4.98 Å². The molecule has 0 fully saturated rings. The third-order valence-corrected chi connectivity index (χ3v) is 5.69. The van der Waals surface area contributed by atoms with E-state index in [2.05, 4.69) is 4.98 Å². The van der Waals surface area contributed by atoms with E-state index in [0.29, 0.717) is 16.5 Å². The molecule has 1 heterocycles. The summed E-state index contributed by atoms with van der Waals surface area (Å²) in [5.41, 5.74) is 0.0611. The molecule has 0 saturated heterocycles. The maximum atomic E-state index is 13.2. The van der Waals surface area contributed by atoms with Gasteiger partial charge in [-0.3, -0.25) is 4.98 Å². The van der Waals surface area contributed by atoms with Crippen LogP contribution in [0, 0.1) is 0 Å². The summed E-state index contributed by atoms with van der Waals surface area (Å²) in [5, 5.41) is 0.323. The van der Waals surface area contributed by atoms with E-state index in [4.69, 9.17) is 0 Å². The highest BCUT2D eigenvalue weighted by Gasteiger charge is 2.33. The van der Waals surface area contributed by atoms with Crippen LogP contribution in [-0.4, -0.2) is 19.2 Å². The number of hydrogen-bond acceptors (Lipinski definition) is 3. The lowest BCUT2D eigenvalue weighted by atomic mass is 9.99. The maximum absolute atomic E-state index is 13.2. The van der Waals surface area contributed by atoms with Crippen LogP contribution in [0.2, 0.25) is 0 Å². The Kier molecular flexibility index (Phi) is 4.28. The molecular formula is C18H14F3NO2S. The molecule has 7 heteroatoms. The van der Waals surface area contributed by atoms with Crippen molar-refractivity contribution in [1.29, 1.82) is 0 Å². The second-order valence-electron chi connectivity index (χ2n) is 5.49. The van der Waals surface area contributed by atoms with Gasteiger partial charge in [0.1, 0.15) is 0 Å². The standard InChI is InChI=1S/C18H14F3NO2S/c1-2-25(23,24)13-6-3-5-12(11-13)14-9-10-22-17-15(14)7-4-8-16(17)18(19,20)21/h3-11H,2H2,1H3. The van der Waals surface area contributed by atoms with Crippen LogP contribution < -0.4 is 0 Å². The van der Waals surface area contributed by atoms with Gasteiger partial charge in [-0.25, -0.2) is 8.42 Å². The minimum absolute atomic E-state index is 0.0498. The average Bonchev–Trinajstić information content (AvgIpc) is 2.60. The van der Waals surface area contributed by atoms with E-state index in [9.17, 15) is 21.6 Å². The first kappa shape index (κ1) is 17.4. The van der Waals surface area contributed by atoms with Gasteiger partial charge < -0.3 is 0 Å². The maximum Gasteiger partial charge on any atom is 0.418 e. The predicted octanol–water partition coefficient (Wildman–Crippen LogP) is 4.71. The van der Waals surface area contributed by atoms with Crippen molar-refractivity contribution in [3.8, 4) is 11.1 Å². The van der Waals surface area contributed by atoms with Gasteiger partial charge in [0.2, 0.25) is 0 Å². The number of sulfone groups is 1. The van der Waals surface area contributed by atoms with Crippen LogP contribution in [0.5, 0.6) is 0 Å². The molecule has 0 radical (unpaired) electrons. The fourth-order valence-electron chi connectivity index (χ4n) is 2.68. The van der Waals surface area contributed by atoms with Crippen molar-refractivity contribution in [2.24, 2.45) is 0 Å². The second-order valence-corrected chi connectivity index (χ2v) is 7.77. The van der Waals surface area contributed by atoms with Crippen LogP contribution in [0.25, 0.3) is 22.0 Å². The topological polar surface area (TPSA) is 47.0 Å². The summed E-state index contributed by atoms with van der Waals surface area (Å²) >= 11 is 0. The molecule has 0 bridgehead atoms. The number of fused-ring (bicyclic) bond motifs is 1. The van der Waals surface area contributed by atoms with Gasteiger partial charge in [-0.05, 0) is 35.4 Å². The minimum Gasteiger partial charge on any atom is -0.256 e. The highest BCUT2D eigenvalue weighted by atomic mass is 32.2. The van der Waals surface area contributed by atoms with E-state index in [1.54, 1.807) is 31.2 Å². The molecule has 0 saturated carbocycles. The third-order valence-electron chi connectivity index (χ3n) is 3.96. The number of aromatic nitrogens is 1. The molecule has 3 nitrogen and oxygen atoms in total. The molecule has 25 heavy (non-hydrogen) atoms. The van der Waals surface area contributed by atoms with Crippen molar-refractivity contribution < 1.29 is 21.6 Å². The van der Waals surface area contributed by atoms with E-state index in [1.165, 1.54) is 24.4 Å². The summed E-state index contributed by atoms with van der Waals surface area (Å²) in [6.07, 6.45) is -3.22. The number of hydrogen-bond donors (Lipinski definition) is 0. The molecule has 2 aromatic carbocycles. The first-order valence-corrected chi connectivity index (χ1v) is 9.17. The Morgan fingerprint density at radius 3 is 2.44 bits per heavy atom.